The molecule has 1 N–H and O–H groups in total. The van der Waals surface area contributed by atoms with Crippen molar-refractivity contribution in [3.05, 3.63) is 42.5 Å². The molecule has 1 amide bonds. The van der Waals surface area contributed by atoms with Gasteiger partial charge in [0.15, 0.2) is 0 Å². The van der Waals surface area contributed by atoms with Gasteiger partial charge in [0.1, 0.15) is 23.8 Å². The summed E-state index contributed by atoms with van der Waals surface area (Å²) < 4.78 is 14.0. The van der Waals surface area contributed by atoms with Crippen molar-refractivity contribution < 1.29 is 9.18 Å². The molecule has 33 heavy (non-hydrogen) atoms. The van der Waals surface area contributed by atoms with Gasteiger partial charge in [-0.1, -0.05) is 19.1 Å². The normalized spacial score (nSPS) is 17.3. The second-order valence-electron chi connectivity index (χ2n) is 8.98. The van der Waals surface area contributed by atoms with E-state index in [4.69, 9.17) is 0 Å². The molecular weight excluding hydrogens is 419 g/mol. The largest absolute Gasteiger partial charge is 0.370 e. The average molecular weight is 455 g/mol. The van der Waals surface area contributed by atoms with Crippen molar-refractivity contribution in [2.24, 2.45) is 5.92 Å². The zero-order valence-corrected chi connectivity index (χ0v) is 19.5. The number of piperazine rings is 1. The van der Waals surface area contributed by atoms with E-state index in [1.54, 1.807) is 12.4 Å². The van der Waals surface area contributed by atoms with E-state index in [2.05, 4.69) is 27.1 Å². The third kappa shape index (κ3) is 6.12. The smallest absolute Gasteiger partial charge is 0.222 e. The highest BCUT2D eigenvalue weighted by atomic mass is 19.1. The number of amides is 1. The summed E-state index contributed by atoms with van der Waals surface area (Å²) in [5.74, 6) is 2.46. The van der Waals surface area contributed by atoms with Gasteiger partial charge in [0, 0.05) is 58.3 Å². The van der Waals surface area contributed by atoms with Crippen LogP contribution in [0.25, 0.3) is 0 Å². The molecule has 0 aliphatic carbocycles. The fourth-order valence-electron chi connectivity index (χ4n) is 4.71. The fourth-order valence-corrected chi connectivity index (χ4v) is 4.71. The fraction of sp³-hybridized carbons (Fsp3) is 0.560. The Morgan fingerprint density at radius 1 is 1.06 bits per heavy atom. The van der Waals surface area contributed by atoms with E-state index in [0.29, 0.717) is 44.2 Å². The van der Waals surface area contributed by atoms with Gasteiger partial charge >= 0.3 is 0 Å². The number of para-hydroxylation sites is 1. The molecule has 2 saturated heterocycles. The lowest BCUT2D eigenvalue weighted by Gasteiger charge is -2.37. The zero-order valence-electron chi connectivity index (χ0n) is 19.5. The standard InChI is InChI=1S/C25H35FN6O/c1-2-11-27-23-18-24(29-19-28-23)31-12-9-20(10-13-31)7-8-25(33)32-16-14-30(15-17-32)22-6-4-3-5-21(22)26/h3-6,18-20H,2,7-17H2,1H3,(H,27,28,29). The monoisotopic (exact) mass is 454 g/mol. The van der Waals surface area contributed by atoms with Crippen LogP contribution in [0.4, 0.5) is 21.7 Å². The van der Waals surface area contributed by atoms with Crippen LogP contribution in [0.5, 0.6) is 0 Å². The van der Waals surface area contributed by atoms with E-state index in [9.17, 15) is 9.18 Å². The summed E-state index contributed by atoms with van der Waals surface area (Å²) in [6, 6.07) is 8.89. The maximum absolute atomic E-state index is 14.0. The second kappa shape index (κ2) is 11.3. The van der Waals surface area contributed by atoms with Crippen LogP contribution >= 0.6 is 0 Å². The molecule has 0 saturated carbocycles. The predicted octanol–water partition coefficient (Wildman–Crippen LogP) is 3.78. The lowest BCUT2D eigenvalue weighted by molar-refractivity contribution is -0.131. The number of piperidine rings is 1. The predicted molar refractivity (Wildman–Crippen MR) is 130 cm³/mol. The molecule has 2 fully saturated rings. The van der Waals surface area contributed by atoms with Crippen molar-refractivity contribution in [3.8, 4) is 0 Å². The quantitative estimate of drug-likeness (QED) is 0.655. The third-order valence-electron chi connectivity index (χ3n) is 6.74. The van der Waals surface area contributed by atoms with Gasteiger partial charge in [-0.25, -0.2) is 14.4 Å². The first-order valence-corrected chi connectivity index (χ1v) is 12.2. The van der Waals surface area contributed by atoms with E-state index in [1.165, 1.54) is 6.07 Å². The highest BCUT2D eigenvalue weighted by Crippen LogP contribution is 2.26. The minimum absolute atomic E-state index is 0.195. The molecule has 8 heteroatoms. The summed E-state index contributed by atoms with van der Waals surface area (Å²) in [6.07, 6.45) is 6.39. The van der Waals surface area contributed by atoms with Gasteiger partial charge in [-0.15, -0.1) is 0 Å². The van der Waals surface area contributed by atoms with Gasteiger partial charge in [0.25, 0.3) is 0 Å². The number of carbonyl (C=O) groups excluding carboxylic acids is 1. The van der Waals surface area contributed by atoms with E-state index in [-0.39, 0.29) is 11.7 Å². The van der Waals surface area contributed by atoms with Crippen molar-refractivity contribution in [3.63, 3.8) is 0 Å². The van der Waals surface area contributed by atoms with Crippen molar-refractivity contribution >= 4 is 23.2 Å². The Kier molecular flexibility index (Phi) is 7.96. The van der Waals surface area contributed by atoms with Gasteiger partial charge in [-0.05, 0) is 43.7 Å². The van der Waals surface area contributed by atoms with Crippen LogP contribution in [0.15, 0.2) is 36.7 Å². The third-order valence-corrected chi connectivity index (χ3v) is 6.74. The molecule has 4 rings (SSSR count). The number of anilines is 3. The number of rotatable bonds is 8. The Balaban J connectivity index is 1.18. The molecule has 0 unspecified atom stereocenters. The van der Waals surface area contributed by atoms with Gasteiger partial charge in [-0.3, -0.25) is 4.79 Å². The van der Waals surface area contributed by atoms with Crippen LogP contribution in [0, 0.1) is 11.7 Å². The van der Waals surface area contributed by atoms with Crippen LogP contribution in [0.1, 0.15) is 39.0 Å². The molecule has 0 atom stereocenters. The highest BCUT2D eigenvalue weighted by molar-refractivity contribution is 5.76. The second-order valence-corrected chi connectivity index (χ2v) is 8.98. The molecule has 2 aliphatic rings. The molecule has 2 aliphatic heterocycles. The molecule has 3 heterocycles. The molecule has 0 radical (unpaired) electrons. The first-order valence-electron chi connectivity index (χ1n) is 12.2. The van der Waals surface area contributed by atoms with E-state index in [0.717, 1.165) is 57.0 Å². The number of aromatic nitrogens is 2. The van der Waals surface area contributed by atoms with Crippen LogP contribution in [0.3, 0.4) is 0 Å². The molecule has 0 bridgehead atoms. The first kappa shape index (κ1) is 23.3. The lowest BCUT2D eigenvalue weighted by Crippen LogP contribution is -2.49. The summed E-state index contributed by atoms with van der Waals surface area (Å²) in [7, 11) is 0. The molecule has 1 aromatic carbocycles. The summed E-state index contributed by atoms with van der Waals surface area (Å²) in [5.41, 5.74) is 0.633. The van der Waals surface area contributed by atoms with Crippen LogP contribution < -0.4 is 15.1 Å². The van der Waals surface area contributed by atoms with Crippen molar-refractivity contribution in [2.45, 2.75) is 39.0 Å². The minimum Gasteiger partial charge on any atom is -0.370 e. The number of hydrogen-bond donors (Lipinski definition) is 1. The number of halogens is 1. The Labute approximate surface area is 196 Å². The molecule has 178 valence electrons. The van der Waals surface area contributed by atoms with E-state index >= 15 is 0 Å². The van der Waals surface area contributed by atoms with E-state index < -0.39 is 0 Å². The Morgan fingerprint density at radius 3 is 2.55 bits per heavy atom. The van der Waals surface area contributed by atoms with Crippen LogP contribution in [-0.4, -0.2) is 66.6 Å². The minimum atomic E-state index is -0.195. The number of carbonyl (C=O) groups is 1. The molecule has 1 aromatic heterocycles. The summed E-state index contributed by atoms with van der Waals surface area (Å²) >= 11 is 0. The summed E-state index contributed by atoms with van der Waals surface area (Å²) in [5, 5.41) is 3.32. The van der Waals surface area contributed by atoms with Crippen molar-refractivity contribution in [1.29, 1.82) is 0 Å². The maximum atomic E-state index is 14.0. The Morgan fingerprint density at radius 2 is 1.82 bits per heavy atom. The Bertz CT molecular complexity index is 909. The van der Waals surface area contributed by atoms with Crippen molar-refractivity contribution in [2.75, 3.05) is 60.9 Å². The number of benzene rings is 1. The maximum Gasteiger partial charge on any atom is 0.222 e. The van der Waals surface area contributed by atoms with E-state index in [1.807, 2.05) is 28.0 Å². The SMILES string of the molecule is CCCNc1cc(N2CCC(CCC(=O)N3CCN(c4ccccc4F)CC3)CC2)ncn1. The zero-order chi connectivity index (χ0) is 23.0. The van der Waals surface area contributed by atoms with Gasteiger partial charge in [-0.2, -0.15) is 0 Å². The highest BCUT2D eigenvalue weighted by Gasteiger charge is 2.25. The van der Waals surface area contributed by atoms with Gasteiger partial charge < -0.3 is 20.0 Å². The van der Waals surface area contributed by atoms with Crippen molar-refractivity contribution in [1.82, 2.24) is 14.9 Å². The van der Waals surface area contributed by atoms with Gasteiger partial charge in [0.05, 0.1) is 5.69 Å². The topological polar surface area (TPSA) is 64.6 Å². The molecule has 0 spiro atoms. The number of nitrogens with zero attached hydrogens (tertiary/aromatic N) is 5. The summed E-state index contributed by atoms with van der Waals surface area (Å²) in [6.45, 7) is 7.65. The molecular formula is C25H35FN6O. The Hall–Kier alpha value is -2.90. The van der Waals surface area contributed by atoms with Gasteiger partial charge in [0.2, 0.25) is 5.91 Å². The molecule has 2 aromatic rings. The first-order chi connectivity index (χ1) is 16.1. The van der Waals surface area contributed by atoms with Crippen LogP contribution in [0.2, 0.25) is 0 Å². The number of nitrogens with one attached hydrogen (secondary N) is 1. The van der Waals surface area contributed by atoms with Crippen LogP contribution in [-0.2, 0) is 4.79 Å². The molecule has 7 nitrogen and oxygen atoms in total. The number of hydrogen-bond acceptors (Lipinski definition) is 6. The average Bonchev–Trinajstić information content (AvgIpc) is 2.87. The lowest BCUT2D eigenvalue weighted by atomic mass is 9.92. The summed E-state index contributed by atoms with van der Waals surface area (Å²) in [4.78, 5) is 27.8.